The van der Waals surface area contributed by atoms with E-state index in [-0.39, 0.29) is 0 Å². The van der Waals surface area contributed by atoms with Crippen molar-refractivity contribution in [3.05, 3.63) is 55.0 Å². The van der Waals surface area contributed by atoms with Gasteiger partial charge in [-0.25, -0.2) is 9.97 Å². The van der Waals surface area contributed by atoms with Crippen LogP contribution < -0.4 is 0 Å². The second kappa shape index (κ2) is 3.43. The standard InChI is InChI=1S/C14H10N4/c1-2-4-11-10(3-1)9-13(17-11)18-8-7-16-14-12(18)5-6-15-14/h1-9,17H. The van der Waals surface area contributed by atoms with E-state index in [1.54, 1.807) is 12.4 Å². The van der Waals surface area contributed by atoms with Crippen molar-refractivity contribution in [2.75, 3.05) is 0 Å². The molecule has 0 spiro atoms. The Morgan fingerprint density at radius 3 is 2.83 bits per heavy atom. The second-order valence-electron chi connectivity index (χ2n) is 4.19. The van der Waals surface area contributed by atoms with Crippen LogP contribution in [0.3, 0.4) is 0 Å². The van der Waals surface area contributed by atoms with Crippen LogP contribution in [0.4, 0.5) is 0 Å². The minimum atomic E-state index is 0.760. The van der Waals surface area contributed by atoms with Crippen LogP contribution in [0.25, 0.3) is 28.2 Å². The maximum atomic E-state index is 4.24. The fourth-order valence-corrected chi connectivity index (χ4v) is 2.26. The van der Waals surface area contributed by atoms with Gasteiger partial charge in [0.25, 0.3) is 0 Å². The molecule has 2 aliphatic heterocycles. The van der Waals surface area contributed by atoms with Gasteiger partial charge in [0.1, 0.15) is 5.82 Å². The van der Waals surface area contributed by atoms with Gasteiger partial charge in [-0.05, 0) is 18.2 Å². The van der Waals surface area contributed by atoms with Gasteiger partial charge in [0.15, 0.2) is 5.82 Å². The van der Waals surface area contributed by atoms with E-state index in [1.165, 1.54) is 5.39 Å². The summed E-state index contributed by atoms with van der Waals surface area (Å²) in [7, 11) is 0. The number of aromatic amines is 1. The number of benzene rings is 1. The van der Waals surface area contributed by atoms with Crippen LogP contribution >= 0.6 is 0 Å². The molecular formula is C14H10N4. The molecule has 0 saturated carbocycles. The Balaban J connectivity index is 1.99. The summed E-state index contributed by atoms with van der Waals surface area (Å²) >= 11 is 0. The minimum Gasteiger partial charge on any atom is -0.341 e. The second-order valence-corrected chi connectivity index (χ2v) is 4.19. The molecule has 0 radical (unpaired) electrons. The molecule has 4 heteroatoms. The number of fused-ring (bicyclic) bond motifs is 2. The summed E-state index contributed by atoms with van der Waals surface area (Å²) in [6.07, 6.45) is 5.48. The van der Waals surface area contributed by atoms with Crippen LogP contribution in [0.1, 0.15) is 0 Å². The molecule has 1 aromatic heterocycles. The number of aromatic nitrogens is 4. The molecule has 2 aliphatic rings. The molecule has 0 aliphatic carbocycles. The van der Waals surface area contributed by atoms with Crippen LogP contribution in [0.15, 0.2) is 55.0 Å². The summed E-state index contributed by atoms with van der Waals surface area (Å²) < 4.78 is 2.06. The van der Waals surface area contributed by atoms with E-state index < -0.39 is 0 Å². The first kappa shape index (κ1) is 9.41. The third kappa shape index (κ3) is 1.26. The molecule has 0 atom stereocenters. The molecule has 0 saturated heterocycles. The maximum absolute atomic E-state index is 4.24. The zero-order chi connectivity index (χ0) is 11.9. The van der Waals surface area contributed by atoms with Gasteiger partial charge in [-0.3, -0.25) is 4.57 Å². The monoisotopic (exact) mass is 234 g/mol. The minimum absolute atomic E-state index is 0.760. The molecule has 1 aromatic carbocycles. The maximum Gasteiger partial charge on any atom is 0.176 e. The summed E-state index contributed by atoms with van der Waals surface area (Å²) in [5.41, 5.74) is 2.13. The highest BCUT2D eigenvalue weighted by atomic mass is 15.1. The Labute approximate surface area is 103 Å². The molecule has 86 valence electrons. The number of hydrogen-bond donors (Lipinski definition) is 1. The van der Waals surface area contributed by atoms with E-state index in [0.29, 0.717) is 0 Å². The molecule has 4 rings (SSSR count). The number of H-pyrrole nitrogens is 1. The summed E-state index contributed by atoms with van der Waals surface area (Å²) in [4.78, 5) is 11.8. The first-order valence-electron chi connectivity index (χ1n) is 5.78. The van der Waals surface area contributed by atoms with Gasteiger partial charge in [-0.1, -0.05) is 18.2 Å². The van der Waals surface area contributed by atoms with Crippen molar-refractivity contribution in [3.63, 3.8) is 0 Å². The number of nitrogens with one attached hydrogen (secondary N) is 1. The van der Waals surface area contributed by atoms with Crippen LogP contribution in [0.5, 0.6) is 0 Å². The molecule has 0 unspecified atom stereocenters. The lowest BCUT2D eigenvalue weighted by atomic mass is 10.2. The van der Waals surface area contributed by atoms with Crippen molar-refractivity contribution in [1.29, 1.82) is 0 Å². The number of hydrogen-bond acceptors (Lipinski definition) is 2. The van der Waals surface area contributed by atoms with Crippen LogP contribution in [0, 0.1) is 0 Å². The topological polar surface area (TPSA) is 46.5 Å². The average molecular weight is 234 g/mol. The van der Waals surface area contributed by atoms with Crippen LogP contribution in [0.2, 0.25) is 0 Å². The summed E-state index contributed by atoms with van der Waals surface area (Å²) in [5.74, 6) is 1.78. The summed E-state index contributed by atoms with van der Waals surface area (Å²) in [6, 6.07) is 12.3. The van der Waals surface area contributed by atoms with Gasteiger partial charge >= 0.3 is 0 Å². The van der Waals surface area contributed by atoms with Crippen molar-refractivity contribution in [1.82, 2.24) is 19.5 Å². The summed E-state index contributed by atoms with van der Waals surface area (Å²) in [5, 5.41) is 1.20. The molecule has 0 fully saturated rings. The van der Waals surface area contributed by atoms with Gasteiger partial charge in [0, 0.05) is 29.5 Å². The summed E-state index contributed by atoms with van der Waals surface area (Å²) in [6.45, 7) is 0. The van der Waals surface area contributed by atoms with E-state index in [2.05, 4.69) is 37.7 Å². The van der Waals surface area contributed by atoms with E-state index >= 15 is 0 Å². The quantitative estimate of drug-likeness (QED) is 0.550. The number of para-hydroxylation sites is 1. The molecule has 4 nitrogen and oxygen atoms in total. The lowest BCUT2D eigenvalue weighted by Crippen LogP contribution is -2.00. The van der Waals surface area contributed by atoms with Gasteiger partial charge in [-0.2, -0.15) is 0 Å². The lowest BCUT2D eigenvalue weighted by molar-refractivity contribution is 0.979. The molecular weight excluding hydrogens is 224 g/mol. The number of rotatable bonds is 1. The molecule has 3 heterocycles. The van der Waals surface area contributed by atoms with E-state index in [4.69, 9.17) is 0 Å². The van der Waals surface area contributed by atoms with Crippen molar-refractivity contribution >= 4 is 10.9 Å². The highest BCUT2D eigenvalue weighted by Crippen LogP contribution is 2.23. The first-order chi connectivity index (χ1) is 8.92. The third-order valence-electron chi connectivity index (χ3n) is 3.11. The Hall–Kier alpha value is -2.62. The Morgan fingerprint density at radius 1 is 1.00 bits per heavy atom. The molecule has 1 N–H and O–H groups in total. The smallest absolute Gasteiger partial charge is 0.176 e. The average Bonchev–Trinajstić information content (AvgIpc) is 3.04. The van der Waals surface area contributed by atoms with Crippen molar-refractivity contribution < 1.29 is 0 Å². The zero-order valence-corrected chi connectivity index (χ0v) is 9.54. The number of nitrogens with zero attached hydrogens (tertiary/aromatic N) is 3. The van der Waals surface area contributed by atoms with Crippen LogP contribution in [-0.2, 0) is 0 Å². The third-order valence-corrected chi connectivity index (χ3v) is 3.11. The van der Waals surface area contributed by atoms with E-state index in [0.717, 1.165) is 22.9 Å². The molecule has 18 heavy (non-hydrogen) atoms. The predicted octanol–water partition coefficient (Wildman–Crippen LogP) is 2.85. The van der Waals surface area contributed by atoms with Gasteiger partial charge < -0.3 is 4.98 Å². The molecule has 0 amide bonds. The molecule has 0 bridgehead atoms. The van der Waals surface area contributed by atoms with Gasteiger partial charge in [-0.15, -0.1) is 0 Å². The Morgan fingerprint density at radius 2 is 1.89 bits per heavy atom. The van der Waals surface area contributed by atoms with E-state index in [9.17, 15) is 0 Å². The fourth-order valence-electron chi connectivity index (χ4n) is 2.26. The van der Waals surface area contributed by atoms with Gasteiger partial charge in [0.2, 0.25) is 0 Å². The van der Waals surface area contributed by atoms with E-state index in [1.807, 2.05) is 24.4 Å². The lowest BCUT2D eigenvalue weighted by Gasteiger charge is -2.08. The van der Waals surface area contributed by atoms with Crippen molar-refractivity contribution in [2.45, 2.75) is 0 Å². The molecule has 2 aromatic rings. The normalized spacial score (nSPS) is 11.3. The Kier molecular flexibility index (Phi) is 1.80. The fraction of sp³-hybridized carbons (Fsp3) is 0. The van der Waals surface area contributed by atoms with Gasteiger partial charge in [0.05, 0.1) is 5.69 Å². The van der Waals surface area contributed by atoms with Crippen molar-refractivity contribution in [3.8, 4) is 17.3 Å². The zero-order valence-electron chi connectivity index (χ0n) is 9.54. The highest BCUT2D eigenvalue weighted by molar-refractivity contribution is 5.82. The SMILES string of the molecule is c1ccc2[nH]c(-n3ccnc4nccc3-4)cc2c1. The first-order valence-corrected chi connectivity index (χ1v) is 5.78. The largest absolute Gasteiger partial charge is 0.341 e. The highest BCUT2D eigenvalue weighted by Gasteiger charge is 2.11. The van der Waals surface area contributed by atoms with Crippen LogP contribution in [-0.4, -0.2) is 19.5 Å². The predicted molar refractivity (Wildman–Crippen MR) is 69.8 cm³/mol. The Bertz CT molecular complexity index is 763. The van der Waals surface area contributed by atoms with Crippen molar-refractivity contribution in [2.24, 2.45) is 0 Å².